The highest BCUT2D eigenvalue weighted by Crippen LogP contribution is 2.32. The van der Waals surface area contributed by atoms with Crippen molar-refractivity contribution in [3.63, 3.8) is 0 Å². The number of likely N-dealkylation sites (N-methyl/N-ethyl adjacent to an activating group) is 1. The van der Waals surface area contributed by atoms with Crippen molar-refractivity contribution in [2.45, 2.75) is 26.2 Å². The van der Waals surface area contributed by atoms with Crippen LogP contribution in [-0.2, 0) is 4.79 Å². The third-order valence-electron chi connectivity index (χ3n) is 4.39. The molecule has 0 aromatic rings. The SMILES string of the molecule is CCC1(C(=O)N2CCN(C)CC2)CCCNC1. The van der Waals surface area contributed by atoms with Gasteiger partial charge in [0.25, 0.3) is 0 Å². The highest BCUT2D eigenvalue weighted by Gasteiger charge is 2.40. The van der Waals surface area contributed by atoms with Gasteiger partial charge >= 0.3 is 0 Å². The van der Waals surface area contributed by atoms with Gasteiger partial charge in [0.15, 0.2) is 0 Å². The average Bonchev–Trinajstić information content (AvgIpc) is 2.39. The number of hydrogen-bond donors (Lipinski definition) is 1. The molecule has 2 heterocycles. The van der Waals surface area contributed by atoms with Crippen LogP contribution in [0.2, 0.25) is 0 Å². The van der Waals surface area contributed by atoms with Crippen molar-refractivity contribution >= 4 is 5.91 Å². The van der Waals surface area contributed by atoms with Crippen molar-refractivity contribution in [1.29, 1.82) is 0 Å². The summed E-state index contributed by atoms with van der Waals surface area (Å²) in [5, 5.41) is 3.40. The zero-order chi connectivity index (χ0) is 12.3. The summed E-state index contributed by atoms with van der Waals surface area (Å²) in [6.45, 7) is 7.92. The van der Waals surface area contributed by atoms with Crippen molar-refractivity contribution in [2.75, 3.05) is 46.3 Å². The minimum atomic E-state index is -0.117. The Morgan fingerprint density at radius 1 is 1.29 bits per heavy atom. The maximum absolute atomic E-state index is 12.7. The maximum Gasteiger partial charge on any atom is 0.230 e. The largest absolute Gasteiger partial charge is 0.340 e. The van der Waals surface area contributed by atoms with Gasteiger partial charge in [-0.1, -0.05) is 6.92 Å². The minimum absolute atomic E-state index is 0.117. The molecule has 0 bridgehead atoms. The Kier molecular flexibility index (Phi) is 4.05. The average molecular weight is 239 g/mol. The summed E-state index contributed by atoms with van der Waals surface area (Å²) < 4.78 is 0. The molecule has 1 atom stereocenters. The molecule has 4 nitrogen and oxygen atoms in total. The molecule has 2 fully saturated rings. The van der Waals surface area contributed by atoms with Crippen LogP contribution in [0.1, 0.15) is 26.2 Å². The molecular weight excluding hydrogens is 214 g/mol. The molecule has 0 saturated carbocycles. The van der Waals surface area contributed by atoms with Gasteiger partial charge < -0.3 is 15.1 Å². The van der Waals surface area contributed by atoms with Crippen LogP contribution in [0.25, 0.3) is 0 Å². The van der Waals surface area contributed by atoms with Crippen LogP contribution < -0.4 is 5.32 Å². The van der Waals surface area contributed by atoms with Gasteiger partial charge in [-0.25, -0.2) is 0 Å². The van der Waals surface area contributed by atoms with Gasteiger partial charge in [-0.3, -0.25) is 4.79 Å². The quantitative estimate of drug-likeness (QED) is 0.764. The van der Waals surface area contributed by atoms with E-state index < -0.39 is 0 Å². The molecule has 0 radical (unpaired) electrons. The second-order valence-electron chi connectivity index (χ2n) is 5.51. The molecule has 2 saturated heterocycles. The monoisotopic (exact) mass is 239 g/mol. The maximum atomic E-state index is 12.7. The van der Waals surface area contributed by atoms with Crippen LogP contribution in [0.15, 0.2) is 0 Å². The van der Waals surface area contributed by atoms with Crippen LogP contribution in [0.4, 0.5) is 0 Å². The van der Waals surface area contributed by atoms with Gasteiger partial charge in [-0.2, -0.15) is 0 Å². The number of hydrogen-bond acceptors (Lipinski definition) is 3. The van der Waals surface area contributed by atoms with Crippen molar-refractivity contribution in [3.05, 3.63) is 0 Å². The molecule has 0 aromatic carbocycles. The van der Waals surface area contributed by atoms with E-state index in [2.05, 4.69) is 29.1 Å². The summed E-state index contributed by atoms with van der Waals surface area (Å²) in [4.78, 5) is 17.1. The highest BCUT2D eigenvalue weighted by molar-refractivity contribution is 5.83. The van der Waals surface area contributed by atoms with Gasteiger partial charge in [-0.05, 0) is 32.9 Å². The summed E-state index contributed by atoms with van der Waals surface area (Å²) in [6, 6.07) is 0. The molecule has 17 heavy (non-hydrogen) atoms. The van der Waals surface area contributed by atoms with Gasteiger partial charge in [-0.15, -0.1) is 0 Å². The Morgan fingerprint density at radius 2 is 2.00 bits per heavy atom. The number of nitrogens with one attached hydrogen (secondary N) is 1. The first-order chi connectivity index (χ1) is 8.18. The van der Waals surface area contributed by atoms with Crippen LogP contribution in [0.5, 0.6) is 0 Å². The predicted molar refractivity (Wildman–Crippen MR) is 68.9 cm³/mol. The molecule has 0 aromatic heterocycles. The van der Waals surface area contributed by atoms with E-state index in [1.807, 2.05) is 0 Å². The van der Waals surface area contributed by atoms with Crippen LogP contribution >= 0.6 is 0 Å². The molecule has 4 heteroatoms. The van der Waals surface area contributed by atoms with Gasteiger partial charge in [0.05, 0.1) is 5.41 Å². The lowest BCUT2D eigenvalue weighted by molar-refractivity contribution is -0.145. The van der Waals surface area contributed by atoms with Crippen molar-refractivity contribution in [1.82, 2.24) is 15.1 Å². The fraction of sp³-hybridized carbons (Fsp3) is 0.923. The third-order valence-corrected chi connectivity index (χ3v) is 4.39. The van der Waals surface area contributed by atoms with Crippen molar-refractivity contribution < 1.29 is 4.79 Å². The van der Waals surface area contributed by atoms with E-state index in [1.165, 1.54) is 0 Å². The lowest BCUT2D eigenvalue weighted by Gasteiger charge is -2.42. The minimum Gasteiger partial charge on any atom is -0.340 e. The van der Waals surface area contributed by atoms with E-state index in [4.69, 9.17) is 0 Å². The molecule has 2 aliphatic rings. The molecule has 2 rings (SSSR count). The number of carbonyl (C=O) groups excluding carboxylic acids is 1. The third kappa shape index (κ3) is 2.63. The van der Waals surface area contributed by atoms with Crippen LogP contribution in [0, 0.1) is 5.41 Å². The van der Waals surface area contributed by atoms with E-state index in [1.54, 1.807) is 0 Å². The standard InChI is InChI=1S/C13H25N3O/c1-3-13(5-4-6-14-11-13)12(17)16-9-7-15(2)8-10-16/h14H,3-11H2,1-2H3. The second-order valence-corrected chi connectivity index (χ2v) is 5.51. The smallest absolute Gasteiger partial charge is 0.230 e. The first-order valence-electron chi connectivity index (χ1n) is 6.86. The summed E-state index contributed by atoms with van der Waals surface area (Å²) >= 11 is 0. The number of amides is 1. The summed E-state index contributed by atoms with van der Waals surface area (Å²) in [5.41, 5.74) is -0.117. The van der Waals surface area contributed by atoms with E-state index in [9.17, 15) is 4.79 Å². The molecule has 0 spiro atoms. The fourth-order valence-electron chi connectivity index (χ4n) is 2.95. The lowest BCUT2D eigenvalue weighted by atomic mass is 9.77. The van der Waals surface area contributed by atoms with Gasteiger partial charge in [0, 0.05) is 32.7 Å². The first-order valence-corrected chi connectivity index (χ1v) is 6.86. The number of nitrogens with zero attached hydrogens (tertiary/aromatic N) is 2. The van der Waals surface area contributed by atoms with Crippen molar-refractivity contribution in [2.24, 2.45) is 5.41 Å². The van der Waals surface area contributed by atoms with E-state index >= 15 is 0 Å². The normalized spacial score (nSPS) is 31.5. The highest BCUT2D eigenvalue weighted by atomic mass is 16.2. The zero-order valence-electron chi connectivity index (χ0n) is 11.2. The molecule has 1 amide bonds. The lowest BCUT2D eigenvalue weighted by Crippen LogP contribution is -2.56. The molecule has 1 unspecified atom stereocenters. The van der Waals surface area contributed by atoms with Crippen LogP contribution in [0.3, 0.4) is 0 Å². The van der Waals surface area contributed by atoms with Gasteiger partial charge in [0.2, 0.25) is 5.91 Å². The Morgan fingerprint density at radius 3 is 2.53 bits per heavy atom. The Bertz CT molecular complexity index is 266. The molecule has 0 aliphatic carbocycles. The van der Waals surface area contributed by atoms with Crippen LogP contribution in [-0.4, -0.2) is 62.0 Å². The Labute approximate surface area is 104 Å². The summed E-state index contributed by atoms with van der Waals surface area (Å²) in [5.74, 6) is 0.389. The number of piperidine rings is 1. The molecule has 2 aliphatic heterocycles. The first kappa shape index (κ1) is 12.8. The van der Waals surface area contributed by atoms with E-state index in [0.29, 0.717) is 5.91 Å². The van der Waals surface area contributed by atoms with E-state index in [-0.39, 0.29) is 5.41 Å². The second kappa shape index (κ2) is 5.36. The number of carbonyl (C=O) groups is 1. The molecule has 98 valence electrons. The van der Waals surface area contributed by atoms with Crippen molar-refractivity contribution in [3.8, 4) is 0 Å². The topological polar surface area (TPSA) is 35.6 Å². The van der Waals surface area contributed by atoms with Gasteiger partial charge in [0.1, 0.15) is 0 Å². The van der Waals surface area contributed by atoms with E-state index in [0.717, 1.165) is 58.5 Å². The number of rotatable bonds is 2. The fourth-order valence-corrected chi connectivity index (χ4v) is 2.95. The Hall–Kier alpha value is -0.610. The molecular formula is C13H25N3O. The predicted octanol–water partition coefficient (Wildman–Crippen LogP) is 0.540. The summed E-state index contributed by atoms with van der Waals surface area (Å²) in [6.07, 6.45) is 3.15. The summed E-state index contributed by atoms with van der Waals surface area (Å²) in [7, 11) is 2.12. The Balaban J connectivity index is 2.01. The molecule has 1 N–H and O–H groups in total. The zero-order valence-corrected chi connectivity index (χ0v) is 11.2. The number of piperazine rings is 1.